The van der Waals surface area contributed by atoms with Gasteiger partial charge in [-0.05, 0) is 40.6 Å². The Bertz CT molecular complexity index is 1340. The molecule has 0 aliphatic heterocycles. The van der Waals surface area contributed by atoms with E-state index in [-0.39, 0.29) is 46.5 Å². The SMILES string of the molecule is C[C-]1C2=C3Cc4ccccc4C3=C3C=CCCC3C2(C)C(C)(C)C(C)(C)C1(C)C.Cl.Cl.[C-]1=CC=CC1.[CH-]1CCCCC1.[CH-]1CCCCC1.[Si]=[Zr]. The number of fused-ring (bicyclic) bond motifs is 6. The molecule has 0 spiro atoms. The summed E-state index contributed by atoms with van der Waals surface area (Å²) in [4.78, 5) is 0. The van der Waals surface area contributed by atoms with Gasteiger partial charge in [0.15, 0.2) is 0 Å². The fraction of sp³-hybridized carbons (Fsp3) is 0.587. The fourth-order valence-corrected chi connectivity index (χ4v) is 9.71. The normalized spacial score (nSPS) is 26.9. The molecule has 276 valence electrons. The third-order valence-electron chi connectivity index (χ3n) is 14.0. The van der Waals surface area contributed by atoms with Crippen molar-refractivity contribution in [2.75, 3.05) is 0 Å². The molecule has 1 aromatic rings. The molecule has 7 aliphatic carbocycles. The van der Waals surface area contributed by atoms with Crippen LogP contribution in [0.4, 0.5) is 0 Å². The van der Waals surface area contributed by atoms with Crippen LogP contribution in [-0.2, 0) is 29.8 Å². The zero-order chi connectivity index (χ0) is 35.0. The van der Waals surface area contributed by atoms with Gasteiger partial charge in [-0.15, -0.1) is 38.2 Å². The second-order valence-corrected chi connectivity index (χ2v) is 16.6. The maximum atomic E-state index is 3.06. The zero-order valence-electron chi connectivity index (χ0n) is 32.6. The predicted octanol–water partition coefficient (Wildman–Crippen LogP) is 14.0. The number of allylic oxidation sites excluding steroid dienone is 10. The van der Waals surface area contributed by atoms with Gasteiger partial charge < -0.3 is 12.8 Å². The summed E-state index contributed by atoms with van der Waals surface area (Å²) in [7, 11) is 0. The molecule has 1 aromatic carbocycles. The third-order valence-corrected chi connectivity index (χ3v) is 14.0. The molecule has 2 unspecified atom stereocenters. The molecule has 2 radical (unpaired) electrons. The van der Waals surface area contributed by atoms with E-state index in [0.29, 0.717) is 5.92 Å². The molecule has 7 aliphatic rings. The molecule has 0 amide bonds. The van der Waals surface area contributed by atoms with E-state index in [9.17, 15) is 0 Å². The Kier molecular flexibility index (Phi) is 18.5. The van der Waals surface area contributed by atoms with Crippen LogP contribution in [0.15, 0.2) is 71.4 Å². The topological polar surface area (TPSA) is 0 Å². The molecule has 50 heavy (non-hydrogen) atoms. The maximum absolute atomic E-state index is 3.06. The summed E-state index contributed by atoms with van der Waals surface area (Å²) >= 11 is 1.36. The summed E-state index contributed by atoms with van der Waals surface area (Å²) in [5.74, 6) is 2.24. The van der Waals surface area contributed by atoms with Gasteiger partial charge in [-0.3, -0.25) is 6.08 Å². The molecular weight excluding hydrogens is 743 g/mol. The number of halogens is 2. The third kappa shape index (κ3) is 8.88. The van der Waals surface area contributed by atoms with E-state index in [1.807, 2.05) is 12.2 Å². The molecule has 4 heteroatoms. The predicted molar refractivity (Wildman–Crippen MR) is 221 cm³/mol. The van der Waals surface area contributed by atoms with Crippen LogP contribution in [0.5, 0.6) is 0 Å². The van der Waals surface area contributed by atoms with E-state index in [1.54, 1.807) is 28.2 Å². The van der Waals surface area contributed by atoms with E-state index in [4.69, 9.17) is 0 Å². The Morgan fingerprint density at radius 1 is 0.800 bits per heavy atom. The van der Waals surface area contributed by atoms with Gasteiger partial charge in [0.05, 0.1) is 0 Å². The van der Waals surface area contributed by atoms with E-state index < -0.39 is 0 Å². The Hall–Kier alpha value is -0.530. The van der Waals surface area contributed by atoms with Crippen LogP contribution in [0, 0.1) is 52.4 Å². The van der Waals surface area contributed by atoms with E-state index in [0.717, 1.165) is 12.8 Å². The molecule has 0 bridgehead atoms. The minimum absolute atomic E-state index is 0. The monoisotopic (exact) mass is 806 g/mol. The summed E-state index contributed by atoms with van der Waals surface area (Å²) < 4.78 is 0. The van der Waals surface area contributed by atoms with Crippen molar-refractivity contribution in [1.82, 2.24) is 0 Å². The Morgan fingerprint density at radius 3 is 1.84 bits per heavy atom. The number of hydrogen-bond acceptors (Lipinski definition) is 0. The molecule has 2 atom stereocenters. The van der Waals surface area contributed by atoms with Crippen molar-refractivity contribution in [3.63, 3.8) is 0 Å². The summed E-state index contributed by atoms with van der Waals surface area (Å²) in [5.41, 5.74) is 10.3. The molecule has 0 saturated heterocycles. The van der Waals surface area contributed by atoms with Gasteiger partial charge in [-0.2, -0.15) is 42.9 Å². The van der Waals surface area contributed by atoms with Gasteiger partial charge in [-0.25, -0.2) is 18.1 Å². The van der Waals surface area contributed by atoms with Crippen molar-refractivity contribution >= 4 is 37.3 Å². The summed E-state index contributed by atoms with van der Waals surface area (Å²) in [6, 6.07) is 9.16. The van der Waals surface area contributed by atoms with Crippen LogP contribution in [0.25, 0.3) is 5.57 Å². The van der Waals surface area contributed by atoms with Crippen LogP contribution < -0.4 is 0 Å². The van der Waals surface area contributed by atoms with E-state index >= 15 is 0 Å². The Balaban J connectivity index is 0.000000336. The van der Waals surface area contributed by atoms with Crippen molar-refractivity contribution in [2.45, 2.75) is 145 Å². The van der Waals surface area contributed by atoms with Crippen LogP contribution in [0.1, 0.15) is 150 Å². The zero-order valence-corrected chi connectivity index (χ0v) is 37.7. The average molecular weight is 809 g/mol. The van der Waals surface area contributed by atoms with Gasteiger partial charge >= 0.3 is 30.2 Å². The van der Waals surface area contributed by atoms with E-state index in [1.165, 1.54) is 112 Å². The van der Waals surface area contributed by atoms with Crippen LogP contribution in [-0.4, -0.2) is 6.88 Å². The molecule has 3 fully saturated rings. The first kappa shape index (κ1) is 45.6. The van der Waals surface area contributed by atoms with Crippen molar-refractivity contribution in [3.05, 3.63) is 107 Å². The van der Waals surface area contributed by atoms with Gasteiger partial charge in [-0.1, -0.05) is 152 Å². The molecule has 0 aromatic heterocycles. The quantitative estimate of drug-likeness (QED) is 0.181. The number of hydrogen-bond donors (Lipinski definition) is 0. The van der Waals surface area contributed by atoms with Crippen LogP contribution >= 0.6 is 24.8 Å². The fourth-order valence-electron chi connectivity index (χ4n) is 9.71. The molecule has 3 saturated carbocycles. The van der Waals surface area contributed by atoms with Crippen molar-refractivity contribution in [1.29, 1.82) is 0 Å². The summed E-state index contributed by atoms with van der Waals surface area (Å²) in [5, 5.41) is 0. The molecular formula is C46H66Cl2SiZr-4. The van der Waals surface area contributed by atoms with Gasteiger partial charge in [0.2, 0.25) is 0 Å². The second-order valence-electron chi connectivity index (χ2n) is 16.6. The van der Waals surface area contributed by atoms with Crippen molar-refractivity contribution < 1.29 is 23.3 Å². The molecule has 0 N–H and O–H groups in total. The van der Waals surface area contributed by atoms with Crippen molar-refractivity contribution in [3.8, 4) is 0 Å². The second kappa shape index (κ2) is 20.2. The van der Waals surface area contributed by atoms with E-state index in [2.05, 4.69) is 124 Å². The van der Waals surface area contributed by atoms with Gasteiger partial charge in [0, 0.05) is 0 Å². The van der Waals surface area contributed by atoms with Crippen LogP contribution in [0.2, 0.25) is 0 Å². The molecule has 0 nitrogen and oxygen atoms in total. The molecule has 0 heterocycles. The summed E-state index contributed by atoms with van der Waals surface area (Å²) in [6.45, 7) is 23.4. The first-order valence-electron chi connectivity index (χ1n) is 19.2. The van der Waals surface area contributed by atoms with Crippen molar-refractivity contribution in [2.24, 2.45) is 27.6 Å². The first-order valence-corrected chi connectivity index (χ1v) is 23.3. The standard InChI is InChI=1S/C29H37.2C6H11.C5H5.2ClH.Si.Zr/c1-18-25-22-17-19-13-9-10-14-20(19)24(22)21-15-11-12-16-23(21)29(25,8)28(6,7)27(4,5)26(18,2)3;2*1-2-4-6-5-3-1;1-2-4-5-3-1;;;;/h9-11,13-15,23H,12,16-17H2,1-8H3;2*1H,2-6H2;1-3H,4H2;2*1H;;/q4*-1;;;;. The number of rotatable bonds is 0. The van der Waals surface area contributed by atoms with Gasteiger partial charge in [0.1, 0.15) is 0 Å². The Morgan fingerprint density at radius 2 is 1.38 bits per heavy atom. The minimum atomic E-state index is 0. The molecule has 8 rings (SSSR count). The number of benzene rings is 1. The first-order chi connectivity index (χ1) is 23.0. The summed E-state index contributed by atoms with van der Waals surface area (Å²) in [6.07, 6.45) is 37.5. The van der Waals surface area contributed by atoms with Gasteiger partial charge in [0.25, 0.3) is 0 Å². The van der Waals surface area contributed by atoms with Crippen LogP contribution in [0.3, 0.4) is 0 Å². The Labute approximate surface area is 338 Å². The average Bonchev–Trinajstić information content (AvgIpc) is 3.83.